The normalized spacial score (nSPS) is 32.9. The molecule has 1 aromatic carbocycles. The maximum atomic E-state index is 12.0. The molecule has 28 heavy (non-hydrogen) atoms. The second kappa shape index (κ2) is 6.48. The molecule has 4 aliphatic carbocycles. The van der Waals surface area contributed by atoms with E-state index in [1.807, 2.05) is 36.4 Å². The lowest BCUT2D eigenvalue weighted by Crippen LogP contribution is -2.59. The molecule has 6 nitrogen and oxygen atoms in total. The molecule has 3 unspecified atom stereocenters. The molecule has 0 aliphatic heterocycles. The zero-order valence-corrected chi connectivity index (χ0v) is 15.8. The van der Waals surface area contributed by atoms with Crippen LogP contribution in [0.4, 0.5) is 17.2 Å². The minimum atomic E-state index is -0.483. The third-order valence-electron chi connectivity index (χ3n) is 6.78. The molecular weight excluding hydrogens is 352 g/mol. The molecule has 2 aromatic rings. The van der Waals surface area contributed by atoms with Crippen molar-refractivity contribution in [1.29, 1.82) is 0 Å². The van der Waals surface area contributed by atoms with E-state index in [0.29, 0.717) is 29.1 Å². The third-order valence-corrected chi connectivity index (χ3v) is 6.78. The lowest BCUT2D eigenvalue weighted by Gasteiger charge is -2.58. The van der Waals surface area contributed by atoms with Crippen LogP contribution in [-0.4, -0.2) is 27.6 Å². The Labute approximate surface area is 164 Å². The van der Waals surface area contributed by atoms with Gasteiger partial charge in [-0.15, -0.1) is 0 Å². The molecular formula is C22H26N4O2. The Bertz CT molecular complexity index is 885. The van der Waals surface area contributed by atoms with Gasteiger partial charge in [-0.1, -0.05) is 18.2 Å². The first-order chi connectivity index (χ1) is 13.5. The van der Waals surface area contributed by atoms with Crippen LogP contribution in [-0.2, 0) is 0 Å². The van der Waals surface area contributed by atoms with Crippen LogP contribution in [0.2, 0.25) is 0 Å². The van der Waals surface area contributed by atoms with Gasteiger partial charge in [-0.3, -0.25) is 4.79 Å². The van der Waals surface area contributed by atoms with Crippen molar-refractivity contribution in [1.82, 2.24) is 4.98 Å². The molecule has 0 spiro atoms. The average Bonchev–Trinajstić information content (AvgIpc) is 2.64. The summed E-state index contributed by atoms with van der Waals surface area (Å²) in [6.07, 6.45) is 6.51. The second-order valence-electron chi connectivity index (χ2n) is 8.83. The highest BCUT2D eigenvalue weighted by Gasteiger charge is 2.54. The minimum Gasteiger partial charge on any atom is -0.390 e. The van der Waals surface area contributed by atoms with Gasteiger partial charge in [-0.25, -0.2) is 4.98 Å². The van der Waals surface area contributed by atoms with Crippen LogP contribution in [0.25, 0.3) is 0 Å². The summed E-state index contributed by atoms with van der Waals surface area (Å²) in [6.45, 7) is 0. The van der Waals surface area contributed by atoms with Gasteiger partial charge in [0.25, 0.3) is 5.91 Å². The van der Waals surface area contributed by atoms with Gasteiger partial charge >= 0.3 is 0 Å². The van der Waals surface area contributed by atoms with Crippen LogP contribution in [0, 0.1) is 17.8 Å². The maximum Gasteiger partial charge on any atom is 0.252 e. The molecule has 1 aromatic heterocycles. The van der Waals surface area contributed by atoms with E-state index >= 15 is 0 Å². The summed E-state index contributed by atoms with van der Waals surface area (Å²) in [4.78, 5) is 16.3. The summed E-state index contributed by atoms with van der Waals surface area (Å²) in [5.41, 5.74) is 7.21. The zero-order chi connectivity index (χ0) is 19.3. The summed E-state index contributed by atoms with van der Waals surface area (Å²) in [5, 5.41) is 17.7. The molecule has 0 saturated heterocycles. The van der Waals surface area contributed by atoms with Crippen molar-refractivity contribution in [2.45, 2.75) is 43.7 Å². The number of aliphatic hydroxyl groups is 1. The van der Waals surface area contributed by atoms with Crippen molar-refractivity contribution in [3.63, 3.8) is 0 Å². The molecule has 1 amide bonds. The SMILES string of the molecule is NC(=O)c1cnc(Nc2ccccc2)cc1NC1[C@@H]2CC3C[C@H]1CC(O)(C3)C2. The minimum absolute atomic E-state index is 0.266. The Morgan fingerprint density at radius 3 is 2.50 bits per heavy atom. The van der Waals surface area contributed by atoms with E-state index in [9.17, 15) is 9.90 Å². The first-order valence-electron chi connectivity index (χ1n) is 10.1. The molecule has 0 radical (unpaired) electrons. The van der Waals surface area contributed by atoms with Crippen LogP contribution < -0.4 is 16.4 Å². The van der Waals surface area contributed by atoms with Crippen molar-refractivity contribution >= 4 is 23.1 Å². The van der Waals surface area contributed by atoms with Crippen molar-refractivity contribution in [3.05, 3.63) is 48.2 Å². The summed E-state index contributed by atoms with van der Waals surface area (Å²) >= 11 is 0. The molecule has 4 saturated carbocycles. The molecule has 4 bridgehead atoms. The van der Waals surface area contributed by atoms with Gasteiger partial charge in [0.1, 0.15) is 5.82 Å². The molecule has 5 atom stereocenters. The van der Waals surface area contributed by atoms with Crippen LogP contribution in [0.15, 0.2) is 42.6 Å². The molecule has 5 N–H and O–H groups in total. The first-order valence-corrected chi connectivity index (χ1v) is 10.1. The fourth-order valence-corrected chi connectivity index (χ4v) is 5.91. The van der Waals surface area contributed by atoms with Crippen LogP contribution in [0.5, 0.6) is 0 Å². The monoisotopic (exact) mass is 378 g/mol. The van der Waals surface area contributed by atoms with Crippen molar-refractivity contribution in [3.8, 4) is 0 Å². The number of benzene rings is 1. The number of carbonyl (C=O) groups excluding carboxylic acids is 1. The van der Waals surface area contributed by atoms with Gasteiger partial charge in [-0.05, 0) is 62.0 Å². The number of hydrogen-bond donors (Lipinski definition) is 4. The Hall–Kier alpha value is -2.60. The van der Waals surface area contributed by atoms with Crippen molar-refractivity contribution in [2.24, 2.45) is 23.5 Å². The number of aromatic nitrogens is 1. The smallest absolute Gasteiger partial charge is 0.252 e. The van der Waals surface area contributed by atoms with E-state index in [1.54, 1.807) is 6.20 Å². The fraction of sp³-hybridized carbons (Fsp3) is 0.455. The standard InChI is InChI=1S/C22H26N4O2/c23-21(27)17-12-24-19(25-16-4-2-1-3-5-16)8-18(17)26-20-14-6-13-7-15(20)11-22(28,9-13)10-14/h1-5,8,12-15,20,28H,6-7,9-11H2,(H2,23,27)(H2,24,25,26)/t13?,14-,15+,20?,22?. The average molecular weight is 378 g/mol. The highest BCUT2D eigenvalue weighted by atomic mass is 16.3. The number of pyridine rings is 1. The quantitative estimate of drug-likeness (QED) is 0.640. The highest BCUT2D eigenvalue weighted by molar-refractivity contribution is 5.98. The van der Waals surface area contributed by atoms with Crippen molar-refractivity contribution < 1.29 is 9.90 Å². The number of amides is 1. The van der Waals surface area contributed by atoms with Gasteiger partial charge in [-0.2, -0.15) is 0 Å². The summed E-state index contributed by atoms with van der Waals surface area (Å²) in [7, 11) is 0. The van der Waals surface area contributed by atoms with E-state index < -0.39 is 11.5 Å². The first kappa shape index (κ1) is 17.5. The number of anilines is 3. The summed E-state index contributed by atoms with van der Waals surface area (Å²) in [6, 6.07) is 11.9. The van der Waals surface area contributed by atoms with Gasteiger partial charge in [0, 0.05) is 24.0 Å². The maximum absolute atomic E-state index is 12.0. The van der Waals surface area contributed by atoms with E-state index in [1.165, 1.54) is 0 Å². The van der Waals surface area contributed by atoms with Gasteiger partial charge in [0.15, 0.2) is 0 Å². The molecule has 1 heterocycles. The molecule has 4 aliphatic rings. The Morgan fingerprint density at radius 1 is 1.14 bits per heavy atom. The predicted molar refractivity (Wildman–Crippen MR) is 108 cm³/mol. The van der Waals surface area contributed by atoms with Gasteiger partial charge in [0.2, 0.25) is 0 Å². The van der Waals surface area contributed by atoms with Gasteiger partial charge < -0.3 is 21.5 Å². The van der Waals surface area contributed by atoms with E-state index in [0.717, 1.165) is 43.5 Å². The lowest BCUT2D eigenvalue weighted by atomic mass is 9.52. The largest absolute Gasteiger partial charge is 0.390 e. The zero-order valence-electron chi connectivity index (χ0n) is 15.8. The fourth-order valence-electron chi connectivity index (χ4n) is 5.91. The van der Waals surface area contributed by atoms with Crippen molar-refractivity contribution in [2.75, 3.05) is 10.6 Å². The third kappa shape index (κ3) is 3.11. The predicted octanol–water partition coefficient (Wildman–Crippen LogP) is 3.28. The van der Waals surface area contributed by atoms with Crippen LogP contribution in [0.1, 0.15) is 42.5 Å². The topological polar surface area (TPSA) is 100 Å². The Balaban J connectivity index is 1.42. The number of hydrogen-bond acceptors (Lipinski definition) is 5. The van der Waals surface area contributed by atoms with Gasteiger partial charge in [0.05, 0.1) is 16.9 Å². The second-order valence-corrected chi connectivity index (χ2v) is 8.83. The highest BCUT2D eigenvalue weighted by Crippen LogP contribution is 2.56. The number of nitrogens with two attached hydrogens (primary N) is 1. The number of nitrogens with zero attached hydrogens (tertiary/aromatic N) is 1. The number of primary amides is 1. The number of rotatable bonds is 5. The summed E-state index contributed by atoms with van der Waals surface area (Å²) < 4.78 is 0. The Kier molecular flexibility index (Phi) is 4.05. The number of carbonyl (C=O) groups is 1. The lowest BCUT2D eigenvalue weighted by molar-refractivity contribution is -0.129. The molecule has 4 fully saturated rings. The Morgan fingerprint density at radius 2 is 1.86 bits per heavy atom. The molecule has 6 rings (SSSR count). The number of nitrogens with one attached hydrogen (secondary N) is 2. The molecule has 146 valence electrons. The molecule has 6 heteroatoms. The van der Waals surface area contributed by atoms with E-state index in [-0.39, 0.29) is 6.04 Å². The van der Waals surface area contributed by atoms with E-state index in [2.05, 4.69) is 15.6 Å². The summed E-state index contributed by atoms with van der Waals surface area (Å²) in [5.74, 6) is 1.71. The van der Waals surface area contributed by atoms with Crippen LogP contribution >= 0.6 is 0 Å². The number of para-hydroxylation sites is 1. The van der Waals surface area contributed by atoms with E-state index in [4.69, 9.17) is 5.73 Å². The van der Waals surface area contributed by atoms with Crippen LogP contribution in [0.3, 0.4) is 0 Å².